The fourth-order valence-electron chi connectivity index (χ4n) is 2.14. The van der Waals surface area contributed by atoms with Gasteiger partial charge in [0.2, 0.25) is 11.8 Å². The van der Waals surface area contributed by atoms with Crippen LogP contribution in [0.5, 0.6) is 0 Å². The fourth-order valence-corrected chi connectivity index (χ4v) is 2.14. The number of amides is 3. The summed E-state index contributed by atoms with van der Waals surface area (Å²) >= 11 is 0. The summed E-state index contributed by atoms with van der Waals surface area (Å²) in [5.41, 5.74) is 2.37. The van der Waals surface area contributed by atoms with Gasteiger partial charge >= 0.3 is 18.0 Å². The second-order valence-electron chi connectivity index (χ2n) is 8.18. The lowest BCUT2D eigenvalue weighted by atomic mass is 10.0. The molecule has 0 aromatic heterocycles. The quantitative estimate of drug-likeness (QED) is 0.175. The van der Waals surface area contributed by atoms with Crippen molar-refractivity contribution in [1.82, 2.24) is 16.2 Å². The number of hydrogen-bond acceptors (Lipinski definition) is 8. The average molecular weight is 463 g/mol. The predicted molar refractivity (Wildman–Crippen MR) is 109 cm³/mol. The van der Waals surface area contributed by atoms with Crippen LogP contribution in [0.15, 0.2) is 0 Å². The van der Waals surface area contributed by atoms with Crippen LogP contribution in [-0.2, 0) is 33.4 Å². The van der Waals surface area contributed by atoms with Gasteiger partial charge in [-0.3, -0.25) is 24.6 Å². The molecule has 13 heteroatoms. The van der Waals surface area contributed by atoms with Crippen LogP contribution in [0.2, 0.25) is 0 Å². The molecule has 0 spiro atoms. The lowest BCUT2D eigenvalue weighted by Crippen LogP contribution is -2.53. The summed E-state index contributed by atoms with van der Waals surface area (Å²) in [5.74, 6) is -3.23. The van der Waals surface area contributed by atoms with Crippen molar-refractivity contribution in [3.8, 4) is 0 Å². The van der Waals surface area contributed by atoms with Gasteiger partial charge in [0.25, 0.3) is 0 Å². The molecule has 0 saturated carbocycles. The van der Waals surface area contributed by atoms with Crippen molar-refractivity contribution in [2.75, 3.05) is 26.4 Å². The molecule has 0 rings (SSSR count). The van der Waals surface area contributed by atoms with E-state index in [2.05, 4.69) is 16.2 Å². The van der Waals surface area contributed by atoms with Crippen LogP contribution < -0.4 is 16.2 Å². The zero-order valence-electron chi connectivity index (χ0n) is 18.8. The second kappa shape index (κ2) is 14.2. The Hall–Kier alpha value is -2.93. The standard InChI is InChI=1S/C19H33N3O10/c1-18(2,3)32-17(29)22-21-14(24)6-5-13(23)20-19(4,11-30-9-7-15(25)26)12-31-10-8-16(27)28/h5-12H2,1-4H3,(H,20,23)(H,21,24)(H,22,29)(H,25,26)(H,27,28). The Balaban J connectivity index is 4.56. The summed E-state index contributed by atoms with van der Waals surface area (Å²) < 4.78 is 15.5. The molecule has 0 fully saturated rings. The number of aliphatic carboxylic acids is 2. The molecular weight excluding hydrogens is 430 g/mol. The van der Waals surface area contributed by atoms with Crippen molar-refractivity contribution in [3.05, 3.63) is 0 Å². The van der Waals surface area contributed by atoms with Gasteiger partial charge in [-0.15, -0.1) is 0 Å². The highest BCUT2D eigenvalue weighted by Gasteiger charge is 2.28. The van der Waals surface area contributed by atoms with Crippen molar-refractivity contribution in [2.45, 2.75) is 64.5 Å². The van der Waals surface area contributed by atoms with E-state index in [-0.39, 0.29) is 52.1 Å². The number of hydrogen-bond donors (Lipinski definition) is 5. The Morgan fingerprint density at radius 2 is 1.19 bits per heavy atom. The smallest absolute Gasteiger partial charge is 0.426 e. The Bertz CT molecular complexity index is 638. The van der Waals surface area contributed by atoms with E-state index < -0.39 is 41.0 Å². The van der Waals surface area contributed by atoms with Gasteiger partial charge in [0, 0.05) is 12.8 Å². The molecule has 0 aliphatic rings. The number of rotatable bonds is 14. The minimum Gasteiger partial charge on any atom is -0.481 e. The van der Waals surface area contributed by atoms with Gasteiger partial charge in [-0.05, 0) is 27.7 Å². The first kappa shape index (κ1) is 29.1. The molecule has 5 N–H and O–H groups in total. The zero-order valence-corrected chi connectivity index (χ0v) is 18.8. The number of carboxylic acids is 2. The normalized spacial score (nSPS) is 11.4. The van der Waals surface area contributed by atoms with E-state index >= 15 is 0 Å². The molecule has 0 radical (unpaired) electrons. The Morgan fingerprint density at radius 3 is 1.62 bits per heavy atom. The number of carbonyl (C=O) groups is 5. The Morgan fingerprint density at radius 1 is 0.719 bits per heavy atom. The van der Waals surface area contributed by atoms with Gasteiger partial charge in [-0.2, -0.15) is 0 Å². The maximum Gasteiger partial charge on any atom is 0.426 e. The molecule has 0 atom stereocenters. The highest BCUT2D eigenvalue weighted by molar-refractivity contribution is 5.85. The summed E-state index contributed by atoms with van der Waals surface area (Å²) in [6, 6.07) is 0. The van der Waals surface area contributed by atoms with E-state index in [0.717, 1.165) is 0 Å². The first-order valence-electron chi connectivity index (χ1n) is 9.90. The van der Waals surface area contributed by atoms with Crippen molar-refractivity contribution in [3.63, 3.8) is 0 Å². The number of hydrazine groups is 1. The molecule has 0 heterocycles. The van der Waals surface area contributed by atoms with Gasteiger partial charge in [-0.25, -0.2) is 10.2 Å². The molecule has 0 aromatic carbocycles. The largest absolute Gasteiger partial charge is 0.481 e. The molecule has 0 aliphatic carbocycles. The molecule has 0 saturated heterocycles. The van der Waals surface area contributed by atoms with E-state index in [1.165, 1.54) is 0 Å². The van der Waals surface area contributed by atoms with Crippen LogP contribution in [0.4, 0.5) is 4.79 Å². The van der Waals surface area contributed by atoms with E-state index in [1.54, 1.807) is 27.7 Å². The lowest BCUT2D eigenvalue weighted by molar-refractivity contribution is -0.139. The van der Waals surface area contributed by atoms with Gasteiger partial charge < -0.3 is 29.7 Å². The van der Waals surface area contributed by atoms with Crippen LogP contribution in [0.3, 0.4) is 0 Å². The first-order chi connectivity index (χ1) is 14.7. The van der Waals surface area contributed by atoms with Crippen LogP contribution in [0.25, 0.3) is 0 Å². The summed E-state index contributed by atoms with van der Waals surface area (Å²) in [4.78, 5) is 56.7. The molecule has 184 valence electrons. The second-order valence-corrected chi connectivity index (χ2v) is 8.18. The zero-order chi connectivity index (χ0) is 24.8. The van der Waals surface area contributed by atoms with E-state index in [1.807, 2.05) is 0 Å². The lowest BCUT2D eigenvalue weighted by Gasteiger charge is -2.30. The Labute approximate surface area is 186 Å². The first-order valence-corrected chi connectivity index (χ1v) is 9.90. The molecular formula is C19H33N3O10. The van der Waals surface area contributed by atoms with Crippen LogP contribution >= 0.6 is 0 Å². The summed E-state index contributed by atoms with van der Waals surface area (Å²) in [6.07, 6.45) is -1.76. The highest BCUT2D eigenvalue weighted by atomic mass is 16.6. The molecule has 0 unspecified atom stereocenters. The fraction of sp³-hybridized carbons (Fsp3) is 0.737. The van der Waals surface area contributed by atoms with Crippen molar-refractivity contribution >= 4 is 29.8 Å². The number of carboxylic acid groups (broad SMARTS) is 2. The van der Waals surface area contributed by atoms with Crippen LogP contribution in [-0.4, -0.2) is 77.6 Å². The summed E-state index contributed by atoms with van der Waals surface area (Å²) in [7, 11) is 0. The van der Waals surface area contributed by atoms with E-state index in [4.69, 9.17) is 24.4 Å². The third-order valence-corrected chi connectivity index (χ3v) is 3.48. The van der Waals surface area contributed by atoms with Gasteiger partial charge in [0.15, 0.2) is 0 Å². The number of nitrogens with one attached hydrogen (secondary N) is 3. The van der Waals surface area contributed by atoms with Gasteiger partial charge in [-0.1, -0.05) is 0 Å². The Kier molecular flexibility index (Phi) is 12.9. The van der Waals surface area contributed by atoms with Gasteiger partial charge in [0.1, 0.15) is 5.60 Å². The van der Waals surface area contributed by atoms with Crippen LogP contribution in [0.1, 0.15) is 53.4 Å². The number of carbonyl (C=O) groups excluding carboxylic acids is 3. The minimum absolute atomic E-state index is 0.0886. The monoisotopic (exact) mass is 463 g/mol. The van der Waals surface area contributed by atoms with Crippen molar-refractivity contribution in [2.24, 2.45) is 0 Å². The molecule has 3 amide bonds. The molecule has 32 heavy (non-hydrogen) atoms. The summed E-state index contributed by atoms with van der Waals surface area (Å²) in [5, 5.41) is 20.0. The maximum absolute atomic E-state index is 12.3. The van der Waals surface area contributed by atoms with E-state index in [0.29, 0.717) is 0 Å². The van der Waals surface area contributed by atoms with Crippen LogP contribution in [0, 0.1) is 0 Å². The molecule has 13 nitrogen and oxygen atoms in total. The minimum atomic E-state index is -1.08. The molecule has 0 aliphatic heterocycles. The predicted octanol–water partition coefficient (Wildman–Crippen LogP) is 0.180. The van der Waals surface area contributed by atoms with E-state index in [9.17, 15) is 24.0 Å². The third kappa shape index (κ3) is 16.8. The highest BCUT2D eigenvalue weighted by Crippen LogP contribution is 2.09. The molecule has 0 aromatic rings. The maximum atomic E-state index is 12.3. The molecule has 0 bridgehead atoms. The number of ether oxygens (including phenoxy) is 3. The topological polar surface area (TPSA) is 190 Å². The summed E-state index contributed by atoms with van der Waals surface area (Å²) in [6.45, 7) is 6.20. The van der Waals surface area contributed by atoms with Crippen molar-refractivity contribution in [1.29, 1.82) is 0 Å². The third-order valence-electron chi connectivity index (χ3n) is 3.48. The van der Waals surface area contributed by atoms with Crippen molar-refractivity contribution < 1.29 is 48.4 Å². The average Bonchev–Trinajstić information content (AvgIpc) is 2.64. The SMILES string of the molecule is CC(COCCC(=O)O)(COCCC(=O)O)NC(=O)CCC(=O)NNC(=O)OC(C)(C)C. The van der Waals surface area contributed by atoms with Gasteiger partial charge in [0.05, 0.1) is 44.8 Å².